The van der Waals surface area contributed by atoms with Gasteiger partial charge in [0.2, 0.25) is 0 Å². The number of hydrogen-bond acceptors (Lipinski definition) is 6. The van der Waals surface area contributed by atoms with Crippen molar-refractivity contribution in [3.05, 3.63) is 39.9 Å². The molecule has 1 unspecified atom stereocenters. The van der Waals surface area contributed by atoms with Crippen LogP contribution in [0.2, 0.25) is 5.02 Å². The van der Waals surface area contributed by atoms with Crippen molar-refractivity contribution in [1.29, 1.82) is 0 Å². The van der Waals surface area contributed by atoms with Crippen molar-refractivity contribution in [2.45, 2.75) is 19.4 Å². The van der Waals surface area contributed by atoms with Gasteiger partial charge in [-0.25, -0.2) is 4.79 Å². The van der Waals surface area contributed by atoms with Gasteiger partial charge in [0.05, 0.1) is 22.8 Å². The van der Waals surface area contributed by atoms with Gasteiger partial charge >= 0.3 is 5.97 Å². The number of fused-ring (bicyclic) bond motifs is 1. The monoisotopic (exact) mass is 338 g/mol. The van der Waals surface area contributed by atoms with Crippen molar-refractivity contribution in [3.63, 3.8) is 0 Å². The van der Waals surface area contributed by atoms with Crippen LogP contribution < -0.4 is 0 Å². The zero-order valence-corrected chi connectivity index (χ0v) is 13.0. The second-order valence-corrected chi connectivity index (χ2v) is 5.33. The number of hydrogen-bond donors (Lipinski definition) is 3. The Kier molecular flexibility index (Phi) is 5.08. The normalized spacial score (nSPS) is 19.3. The first-order valence-corrected chi connectivity index (χ1v) is 7.28. The molecule has 1 aromatic rings. The van der Waals surface area contributed by atoms with E-state index in [4.69, 9.17) is 16.3 Å². The predicted octanol–water partition coefficient (Wildman–Crippen LogP) is 2.20. The average molecular weight is 339 g/mol. The SMILES string of the molecule is CCCOC(=O)/C1=C/c2cc(Cl)c(O)c(O)c2C(=O)C(O)C=C1. The van der Waals surface area contributed by atoms with Crippen LogP contribution in [0.25, 0.3) is 6.08 Å². The Morgan fingerprint density at radius 1 is 1.35 bits per heavy atom. The lowest BCUT2D eigenvalue weighted by Crippen LogP contribution is -2.21. The number of phenols is 2. The maximum atomic E-state index is 12.2. The minimum Gasteiger partial charge on any atom is -0.504 e. The molecule has 0 heterocycles. The number of esters is 1. The smallest absolute Gasteiger partial charge is 0.338 e. The molecule has 0 saturated carbocycles. The Hall–Kier alpha value is -2.31. The van der Waals surface area contributed by atoms with Gasteiger partial charge in [-0.15, -0.1) is 0 Å². The lowest BCUT2D eigenvalue weighted by Gasteiger charge is -2.15. The molecule has 6 nitrogen and oxygen atoms in total. The molecular weight excluding hydrogens is 324 g/mol. The van der Waals surface area contributed by atoms with Crippen molar-refractivity contribution in [2.24, 2.45) is 0 Å². The van der Waals surface area contributed by atoms with Gasteiger partial charge in [0.1, 0.15) is 6.10 Å². The summed E-state index contributed by atoms with van der Waals surface area (Å²) in [4.78, 5) is 24.2. The van der Waals surface area contributed by atoms with Gasteiger partial charge in [-0.05, 0) is 36.3 Å². The maximum Gasteiger partial charge on any atom is 0.338 e. The number of aromatic hydroxyl groups is 2. The second-order valence-electron chi connectivity index (χ2n) is 4.92. The van der Waals surface area contributed by atoms with E-state index >= 15 is 0 Å². The fraction of sp³-hybridized carbons (Fsp3) is 0.250. The van der Waals surface area contributed by atoms with Crippen LogP contribution in [0.5, 0.6) is 11.5 Å². The molecule has 1 aliphatic rings. The number of Topliss-reactive ketones (excluding diaryl/α,β-unsaturated/α-hetero) is 1. The minimum atomic E-state index is -1.58. The highest BCUT2D eigenvalue weighted by Crippen LogP contribution is 2.40. The topological polar surface area (TPSA) is 104 Å². The number of halogens is 1. The van der Waals surface area contributed by atoms with E-state index in [2.05, 4.69) is 0 Å². The van der Waals surface area contributed by atoms with Gasteiger partial charge < -0.3 is 20.1 Å². The summed E-state index contributed by atoms with van der Waals surface area (Å²) in [6.07, 6.45) is 2.74. The van der Waals surface area contributed by atoms with Gasteiger partial charge in [-0.3, -0.25) is 4.79 Å². The molecule has 23 heavy (non-hydrogen) atoms. The van der Waals surface area contributed by atoms with E-state index in [0.29, 0.717) is 6.42 Å². The van der Waals surface area contributed by atoms with Crippen molar-refractivity contribution in [2.75, 3.05) is 6.61 Å². The first-order chi connectivity index (χ1) is 10.9. The molecule has 0 amide bonds. The number of benzene rings is 1. The van der Waals surface area contributed by atoms with Crippen molar-refractivity contribution < 1.29 is 29.6 Å². The molecule has 0 aromatic heterocycles. The molecule has 0 aliphatic heterocycles. The summed E-state index contributed by atoms with van der Waals surface area (Å²) >= 11 is 5.79. The number of phenolic OH excluding ortho intramolecular Hbond substituents is 2. The molecule has 122 valence electrons. The largest absolute Gasteiger partial charge is 0.504 e. The third-order valence-corrected chi connectivity index (χ3v) is 3.50. The third-order valence-electron chi connectivity index (χ3n) is 3.22. The highest BCUT2D eigenvalue weighted by molar-refractivity contribution is 6.33. The van der Waals surface area contributed by atoms with Crippen molar-refractivity contribution in [3.8, 4) is 11.5 Å². The number of ketones is 1. The fourth-order valence-corrected chi connectivity index (χ4v) is 2.28. The number of carbonyl (C=O) groups is 2. The first-order valence-electron chi connectivity index (χ1n) is 6.90. The van der Waals surface area contributed by atoms with E-state index in [1.165, 1.54) is 18.2 Å². The molecule has 1 atom stereocenters. The van der Waals surface area contributed by atoms with Gasteiger partial charge in [0.25, 0.3) is 0 Å². The number of ether oxygens (including phenoxy) is 1. The molecule has 0 spiro atoms. The quantitative estimate of drug-likeness (QED) is 0.576. The number of carbonyl (C=O) groups excluding carboxylic acids is 2. The Morgan fingerprint density at radius 2 is 2.04 bits per heavy atom. The maximum absolute atomic E-state index is 12.2. The summed E-state index contributed by atoms with van der Waals surface area (Å²) in [5, 5.41) is 29.3. The Labute approximate surface area is 137 Å². The van der Waals surface area contributed by atoms with Crippen LogP contribution in [0.1, 0.15) is 29.3 Å². The van der Waals surface area contributed by atoms with Gasteiger partial charge in [0.15, 0.2) is 17.3 Å². The van der Waals surface area contributed by atoms with Crippen LogP contribution in [0.3, 0.4) is 0 Å². The Balaban J connectivity index is 2.62. The summed E-state index contributed by atoms with van der Waals surface area (Å²) < 4.78 is 5.02. The van der Waals surface area contributed by atoms with E-state index in [1.807, 2.05) is 6.92 Å². The van der Waals surface area contributed by atoms with Crippen LogP contribution in [0, 0.1) is 0 Å². The van der Waals surface area contributed by atoms with E-state index in [1.54, 1.807) is 0 Å². The van der Waals surface area contributed by atoms with Crippen LogP contribution in [-0.2, 0) is 9.53 Å². The lowest BCUT2D eigenvalue weighted by atomic mass is 9.94. The summed E-state index contributed by atoms with van der Waals surface area (Å²) in [6.45, 7) is 2.06. The number of rotatable bonds is 3. The minimum absolute atomic E-state index is 0.0763. The first kappa shape index (κ1) is 17.1. The molecule has 2 rings (SSSR count). The zero-order valence-electron chi connectivity index (χ0n) is 12.2. The van der Waals surface area contributed by atoms with Crippen LogP contribution in [0.15, 0.2) is 23.8 Å². The van der Waals surface area contributed by atoms with E-state index in [-0.39, 0.29) is 28.3 Å². The number of aliphatic hydroxyl groups is 1. The molecule has 1 aliphatic carbocycles. The molecule has 0 bridgehead atoms. The summed E-state index contributed by atoms with van der Waals surface area (Å²) in [5.41, 5.74) is -0.140. The van der Waals surface area contributed by atoms with Crippen molar-refractivity contribution >= 4 is 29.4 Å². The molecular formula is C16H15ClO6. The van der Waals surface area contributed by atoms with E-state index < -0.39 is 29.4 Å². The molecule has 1 aromatic carbocycles. The van der Waals surface area contributed by atoms with Gasteiger partial charge in [0, 0.05) is 0 Å². The van der Waals surface area contributed by atoms with Crippen LogP contribution in [0.4, 0.5) is 0 Å². The standard InChI is InChI=1S/C16H15ClO6/c1-2-5-23-16(22)8-3-4-11(18)14(20)12-9(6-8)7-10(17)13(19)15(12)21/h3-4,6-7,11,18-19,21H,2,5H2,1H3/b4-3?,8-6+. The lowest BCUT2D eigenvalue weighted by molar-refractivity contribution is -0.138. The zero-order chi connectivity index (χ0) is 17.1. The van der Waals surface area contributed by atoms with Crippen molar-refractivity contribution in [1.82, 2.24) is 0 Å². The van der Waals surface area contributed by atoms with E-state index in [0.717, 1.165) is 6.08 Å². The van der Waals surface area contributed by atoms with Crippen LogP contribution in [-0.4, -0.2) is 39.8 Å². The number of aliphatic hydroxyl groups excluding tert-OH is 1. The molecule has 0 saturated heterocycles. The van der Waals surface area contributed by atoms with E-state index in [9.17, 15) is 24.9 Å². The fourth-order valence-electron chi connectivity index (χ4n) is 2.07. The molecule has 7 heteroatoms. The summed E-state index contributed by atoms with van der Waals surface area (Å²) in [6, 6.07) is 1.23. The molecule has 3 N–H and O–H groups in total. The van der Waals surface area contributed by atoms with Gasteiger partial charge in [-0.2, -0.15) is 0 Å². The molecule has 0 fully saturated rings. The predicted molar refractivity (Wildman–Crippen MR) is 83.5 cm³/mol. The summed E-state index contributed by atoms with van der Waals surface area (Å²) in [7, 11) is 0. The third kappa shape index (κ3) is 3.38. The Morgan fingerprint density at radius 3 is 2.70 bits per heavy atom. The highest BCUT2D eigenvalue weighted by Gasteiger charge is 2.27. The van der Waals surface area contributed by atoms with Gasteiger partial charge in [-0.1, -0.05) is 18.5 Å². The second kappa shape index (κ2) is 6.85. The summed E-state index contributed by atoms with van der Waals surface area (Å²) in [5.74, 6) is -2.87. The van der Waals surface area contributed by atoms with Crippen LogP contribution >= 0.6 is 11.6 Å². The highest BCUT2D eigenvalue weighted by atomic mass is 35.5. The molecule has 0 radical (unpaired) electrons. The Bertz CT molecular complexity index is 720. The average Bonchev–Trinajstić information content (AvgIpc) is 2.52.